The number of amides is 1. The van der Waals surface area contributed by atoms with E-state index in [-0.39, 0.29) is 5.91 Å². The Labute approximate surface area is 133 Å². The molecule has 0 radical (unpaired) electrons. The van der Waals surface area contributed by atoms with Gasteiger partial charge in [-0.3, -0.25) is 14.9 Å². The van der Waals surface area contributed by atoms with Crippen molar-refractivity contribution in [3.63, 3.8) is 0 Å². The van der Waals surface area contributed by atoms with Crippen LogP contribution in [-0.4, -0.2) is 21.1 Å². The number of nitrogens with zero attached hydrogens (tertiary/aromatic N) is 2. The van der Waals surface area contributed by atoms with Crippen LogP contribution in [-0.2, 0) is 24.3 Å². The van der Waals surface area contributed by atoms with Crippen LogP contribution in [0.2, 0.25) is 0 Å². The van der Waals surface area contributed by atoms with E-state index in [1.807, 2.05) is 30.6 Å². The quantitative estimate of drug-likeness (QED) is 0.689. The highest BCUT2D eigenvalue weighted by atomic mass is 16.1. The molecule has 0 spiro atoms. The Morgan fingerprint density at radius 3 is 3.09 bits per heavy atom. The van der Waals surface area contributed by atoms with Gasteiger partial charge in [0.15, 0.2) is 5.82 Å². The summed E-state index contributed by atoms with van der Waals surface area (Å²) in [6, 6.07) is 8.10. The zero-order valence-electron chi connectivity index (χ0n) is 12.6. The van der Waals surface area contributed by atoms with E-state index in [0.29, 0.717) is 18.7 Å². The summed E-state index contributed by atoms with van der Waals surface area (Å²) in [4.78, 5) is 16.5. The third-order valence-electron chi connectivity index (χ3n) is 4.19. The lowest BCUT2D eigenvalue weighted by atomic mass is 10.0. The number of anilines is 1. The fourth-order valence-corrected chi connectivity index (χ4v) is 2.97. The highest BCUT2D eigenvalue weighted by Gasteiger charge is 2.19. The Morgan fingerprint density at radius 1 is 1.22 bits per heavy atom. The molecule has 0 unspecified atom stereocenters. The summed E-state index contributed by atoms with van der Waals surface area (Å²) in [5.41, 5.74) is 3.20. The van der Waals surface area contributed by atoms with Gasteiger partial charge in [-0.05, 0) is 17.4 Å². The Balaban J connectivity index is 1.45. The normalized spacial score (nSPS) is 13.2. The van der Waals surface area contributed by atoms with E-state index >= 15 is 0 Å². The van der Waals surface area contributed by atoms with Crippen LogP contribution in [0.1, 0.15) is 23.2 Å². The van der Waals surface area contributed by atoms with Crippen LogP contribution >= 0.6 is 0 Å². The number of carbonyl (C=O) groups excluding carboxylic acids is 1. The number of hydrogen-bond acceptors (Lipinski definition) is 4. The van der Waals surface area contributed by atoms with Gasteiger partial charge in [0.2, 0.25) is 5.91 Å². The SMILES string of the molecule is O=C(CCc1cncc2ccccc12)Nc1n[nH]c2c1CNC2. The molecule has 2 aromatic heterocycles. The fourth-order valence-electron chi connectivity index (χ4n) is 2.97. The number of aryl methyl sites for hydroxylation is 1. The molecule has 116 valence electrons. The van der Waals surface area contributed by atoms with Crippen LogP contribution in [0.15, 0.2) is 36.7 Å². The average Bonchev–Trinajstić information content (AvgIpc) is 3.18. The van der Waals surface area contributed by atoms with Gasteiger partial charge in [-0.25, -0.2) is 0 Å². The lowest BCUT2D eigenvalue weighted by Gasteiger charge is -2.06. The maximum atomic E-state index is 12.2. The van der Waals surface area contributed by atoms with Crippen LogP contribution < -0.4 is 10.6 Å². The van der Waals surface area contributed by atoms with E-state index in [4.69, 9.17) is 0 Å². The molecule has 1 aromatic carbocycles. The molecule has 0 saturated heterocycles. The molecule has 0 fully saturated rings. The first-order valence-corrected chi connectivity index (χ1v) is 7.69. The number of carbonyl (C=O) groups is 1. The number of fused-ring (bicyclic) bond motifs is 2. The number of pyridine rings is 1. The molecule has 0 aliphatic carbocycles. The molecule has 1 amide bonds. The number of aromatic amines is 1. The van der Waals surface area contributed by atoms with Gasteiger partial charge < -0.3 is 10.6 Å². The van der Waals surface area contributed by atoms with Gasteiger partial charge in [-0.15, -0.1) is 0 Å². The predicted molar refractivity (Wildman–Crippen MR) is 87.8 cm³/mol. The molecule has 4 rings (SSSR count). The minimum Gasteiger partial charge on any atom is -0.309 e. The van der Waals surface area contributed by atoms with Crippen molar-refractivity contribution >= 4 is 22.5 Å². The molecule has 3 heterocycles. The van der Waals surface area contributed by atoms with Gasteiger partial charge in [0.25, 0.3) is 0 Å². The van der Waals surface area contributed by atoms with Crippen LogP contribution in [0.5, 0.6) is 0 Å². The largest absolute Gasteiger partial charge is 0.309 e. The predicted octanol–water partition coefficient (Wildman–Crippen LogP) is 2.13. The lowest BCUT2D eigenvalue weighted by Crippen LogP contribution is -2.14. The molecule has 3 N–H and O–H groups in total. The second kappa shape index (κ2) is 5.81. The van der Waals surface area contributed by atoms with Gasteiger partial charge in [-0.2, -0.15) is 5.10 Å². The van der Waals surface area contributed by atoms with E-state index in [9.17, 15) is 4.79 Å². The summed E-state index contributed by atoms with van der Waals surface area (Å²) in [6.07, 6.45) is 4.75. The molecular weight excluding hydrogens is 290 g/mol. The van der Waals surface area contributed by atoms with E-state index in [2.05, 4.69) is 31.9 Å². The van der Waals surface area contributed by atoms with E-state index in [0.717, 1.165) is 40.7 Å². The highest BCUT2D eigenvalue weighted by molar-refractivity contribution is 5.91. The number of H-pyrrole nitrogens is 1. The van der Waals surface area contributed by atoms with Crippen molar-refractivity contribution in [2.75, 3.05) is 5.32 Å². The van der Waals surface area contributed by atoms with Gasteiger partial charge in [0, 0.05) is 42.9 Å². The lowest BCUT2D eigenvalue weighted by molar-refractivity contribution is -0.116. The van der Waals surface area contributed by atoms with Crippen molar-refractivity contribution in [2.45, 2.75) is 25.9 Å². The fraction of sp³-hybridized carbons (Fsp3) is 0.235. The molecule has 0 atom stereocenters. The second-order valence-corrected chi connectivity index (χ2v) is 5.70. The molecular formula is C17H17N5O. The van der Waals surface area contributed by atoms with Gasteiger partial charge in [0.05, 0.1) is 5.69 Å². The molecule has 1 aliphatic heterocycles. The summed E-state index contributed by atoms with van der Waals surface area (Å²) < 4.78 is 0. The third kappa shape index (κ3) is 2.68. The number of rotatable bonds is 4. The van der Waals surface area contributed by atoms with Crippen molar-refractivity contribution in [2.24, 2.45) is 0 Å². The van der Waals surface area contributed by atoms with Crippen molar-refractivity contribution in [1.29, 1.82) is 0 Å². The van der Waals surface area contributed by atoms with Gasteiger partial charge in [-0.1, -0.05) is 24.3 Å². The first-order valence-electron chi connectivity index (χ1n) is 7.69. The van der Waals surface area contributed by atoms with Crippen molar-refractivity contribution in [3.05, 3.63) is 53.5 Å². The minimum atomic E-state index is -0.0286. The topological polar surface area (TPSA) is 82.7 Å². The molecule has 0 bridgehead atoms. The smallest absolute Gasteiger partial charge is 0.225 e. The zero-order chi connectivity index (χ0) is 15.6. The van der Waals surface area contributed by atoms with Crippen molar-refractivity contribution in [1.82, 2.24) is 20.5 Å². The van der Waals surface area contributed by atoms with Crippen LogP contribution in [0.25, 0.3) is 10.8 Å². The number of hydrogen-bond donors (Lipinski definition) is 3. The Bertz CT molecular complexity index is 865. The molecule has 3 aromatic rings. The second-order valence-electron chi connectivity index (χ2n) is 5.70. The summed E-state index contributed by atoms with van der Waals surface area (Å²) in [7, 11) is 0. The average molecular weight is 307 g/mol. The standard InChI is InChI=1S/C17H17N5O/c23-16(20-17-14-9-19-10-15(14)21-22-17)6-5-12-8-18-7-11-3-1-2-4-13(11)12/h1-4,7-8,19H,5-6,9-10H2,(H2,20,21,22,23). The summed E-state index contributed by atoms with van der Waals surface area (Å²) in [5.74, 6) is 0.616. The van der Waals surface area contributed by atoms with E-state index in [1.165, 1.54) is 0 Å². The minimum absolute atomic E-state index is 0.0286. The highest BCUT2D eigenvalue weighted by Crippen LogP contribution is 2.22. The summed E-state index contributed by atoms with van der Waals surface area (Å²) in [5, 5.41) is 15.5. The Kier molecular flexibility index (Phi) is 3.51. The van der Waals surface area contributed by atoms with E-state index < -0.39 is 0 Å². The monoisotopic (exact) mass is 307 g/mol. The number of benzene rings is 1. The molecule has 23 heavy (non-hydrogen) atoms. The van der Waals surface area contributed by atoms with Crippen LogP contribution in [0, 0.1) is 0 Å². The van der Waals surface area contributed by atoms with Crippen molar-refractivity contribution in [3.8, 4) is 0 Å². The van der Waals surface area contributed by atoms with E-state index in [1.54, 1.807) is 0 Å². The van der Waals surface area contributed by atoms with Crippen LogP contribution in [0.3, 0.4) is 0 Å². The first-order chi connectivity index (χ1) is 11.3. The Morgan fingerprint density at radius 2 is 2.13 bits per heavy atom. The molecule has 1 aliphatic rings. The number of aromatic nitrogens is 3. The van der Waals surface area contributed by atoms with Gasteiger partial charge >= 0.3 is 0 Å². The third-order valence-corrected chi connectivity index (χ3v) is 4.19. The van der Waals surface area contributed by atoms with Gasteiger partial charge in [0.1, 0.15) is 0 Å². The molecule has 0 saturated carbocycles. The molecule has 6 heteroatoms. The maximum Gasteiger partial charge on any atom is 0.225 e. The number of nitrogens with one attached hydrogen (secondary N) is 3. The maximum absolute atomic E-state index is 12.2. The zero-order valence-corrected chi connectivity index (χ0v) is 12.6. The molecule has 6 nitrogen and oxygen atoms in total. The van der Waals surface area contributed by atoms with Crippen LogP contribution in [0.4, 0.5) is 5.82 Å². The first kappa shape index (κ1) is 13.9. The van der Waals surface area contributed by atoms with Crippen molar-refractivity contribution < 1.29 is 4.79 Å². The Hall–Kier alpha value is -2.73. The summed E-state index contributed by atoms with van der Waals surface area (Å²) >= 11 is 0. The summed E-state index contributed by atoms with van der Waals surface area (Å²) in [6.45, 7) is 1.52.